The van der Waals surface area contributed by atoms with Crippen LogP contribution in [-0.2, 0) is 9.53 Å². The smallest absolute Gasteiger partial charge is 0.287 e. The van der Waals surface area contributed by atoms with Gasteiger partial charge in [0.25, 0.3) is 5.91 Å². The number of carbonyl (C=O) groups excluding carboxylic acids is 1. The maximum Gasteiger partial charge on any atom is 0.287 e. The second kappa shape index (κ2) is 7.40. The Balaban J connectivity index is 1.85. The number of rotatable bonds is 4. The number of ether oxygens (including phenoxy) is 1. The van der Waals surface area contributed by atoms with E-state index in [1.165, 1.54) is 4.90 Å². The molecule has 2 aromatic carbocycles. The van der Waals surface area contributed by atoms with Crippen molar-refractivity contribution in [2.45, 2.75) is 13.0 Å². The van der Waals surface area contributed by atoms with Crippen molar-refractivity contribution in [3.8, 4) is 0 Å². The van der Waals surface area contributed by atoms with Gasteiger partial charge in [0.15, 0.2) is 6.04 Å². The summed E-state index contributed by atoms with van der Waals surface area (Å²) in [7, 11) is 0. The highest BCUT2D eigenvalue weighted by Gasteiger charge is 2.32. The van der Waals surface area contributed by atoms with Crippen LogP contribution in [0.5, 0.6) is 0 Å². The van der Waals surface area contributed by atoms with Crippen LogP contribution >= 0.6 is 0 Å². The quantitative estimate of drug-likeness (QED) is 0.900. The Morgan fingerprint density at radius 3 is 2.39 bits per heavy atom. The third-order valence-corrected chi connectivity index (χ3v) is 4.34. The number of amides is 1. The Morgan fingerprint density at radius 1 is 1.04 bits per heavy atom. The molecule has 1 atom stereocenters. The minimum atomic E-state index is -0.209. The third kappa shape index (κ3) is 3.78. The molecule has 0 radical (unpaired) electrons. The lowest BCUT2D eigenvalue weighted by Gasteiger charge is -2.31. The minimum Gasteiger partial charge on any atom is -0.370 e. The number of carbonyl (C=O) groups is 1. The number of anilines is 1. The molecule has 0 aliphatic carbocycles. The predicted molar refractivity (Wildman–Crippen MR) is 90.5 cm³/mol. The molecule has 4 heteroatoms. The zero-order valence-corrected chi connectivity index (χ0v) is 13.4. The number of benzene rings is 2. The molecule has 1 aliphatic heterocycles. The van der Waals surface area contributed by atoms with Crippen molar-refractivity contribution in [2.75, 3.05) is 31.6 Å². The summed E-state index contributed by atoms with van der Waals surface area (Å²) in [6, 6.07) is 17.7. The first-order valence-corrected chi connectivity index (χ1v) is 8.09. The lowest BCUT2D eigenvalue weighted by molar-refractivity contribution is -0.929. The number of quaternary nitrogens is 1. The SMILES string of the molecule is Cc1ccccc1NC(=O)[C@@H](c1ccccc1)[NH+]1CCOCC1. The van der Waals surface area contributed by atoms with Crippen LogP contribution in [0.4, 0.5) is 5.69 Å². The molecule has 1 heterocycles. The lowest BCUT2D eigenvalue weighted by atomic mass is 10.0. The summed E-state index contributed by atoms with van der Waals surface area (Å²) in [6.45, 7) is 5.11. The molecule has 0 spiro atoms. The molecule has 4 nitrogen and oxygen atoms in total. The van der Waals surface area contributed by atoms with Crippen molar-refractivity contribution in [1.82, 2.24) is 0 Å². The van der Waals surface area contributed by atoms with Crippen LogP contribution in [0.25, 0.3) is 0 Å². The van der Waals surface area contributed by atoms with Crippen LogP contribution in [-0.4, -0.2) is 32.2 Å². The van der Waals surface area contributed by atoms with Crippen LogP contribution in [0, 0.1) is 6.92 Å². The maximum absolute atomic E-state index is 13.0. The molecule has 0 aromatic heterocycles. The Kier molecular flexibility index (Phi) is 5.05. The Hall–Kier alpha value is -2.17. The summed E-state index contributed by atoms with van der Waals surface area (Å²) < 4.78 is 5.45. The first-order chi connectivity index (χ1) is 11.3. The van der Waals surface area contributed by atoms with Gasteiger partial charge in [0.1, 0.15) is 13.1 Å². The number of para-hydroxylation sites is 1. The largest absolute Gasteiger partial charge is 0.370 e. The van der Waals surface area contributed by atoms with Crippen LogP contribution in [0.1, 0.15) is 17.2 Å². The fourth-order valence-corrected chi connectivity index (χ4v) is 3.06. The van der Waals surface area contributed by atoms with E-state index >= 15 is 0 Å². The van der Waals surface area contributed by atoms with E-state index in [9.17, 15) is 4.79 Å². The van der Waals surface area contributed by atoms with E-state index < -0.39 is 0 Å². The fourth-order valence-electron chi connectivity index (χ4n) is 3.06. The average Bonchev–Trinajstić information content (AvgIpc) is 2.59. The van der Waals surface area contributed by atoms with Gasteiger partial charge in [-0.25, -0.2) is 0 Å². The van der Waals surface area contributed by atoms with Gasteiger partial charge in [-0.2, -0.15) is 0 Å². The van der Waals surface area contributed by atoms with E-state index in [2.05, 4.69) is 5.32 Å². The van der Waals surface area contributed by atoms with Gasteiger partial charge < -0.3 is 15.0 Å². The van der Waals surface area contributed by atoms with Gasteiger partial charge in [0.05, 0.1) is 13.2 Å². The summed E-state index contributed by atoms with van der Waals surface area (Å²) in [5.74, 6) is 0.0439. The van der Waals surface area contributed by atoms with Crippen LogP contribution < -0.4 is 10.2 Å². The number of nitrogens with one attached hydrogen (secondary N) is 2. The Labute approximate surface area is 137 Å². The standard InChI is InChI=1S/C19H22N2O2/c1-15-7-5-6-10-17(15)20-19(22)18(16-8-3-2-4-9-16)21-11-13-23-14-12-21/h2-10,18H,11-14H2,1H3,(H,20,22)/p+1/t18-/m1/s1. The van der Waals surface area contributed by atoms with E-state index in [0.717, 1.165) is 29.9 Å². The van der Waals surface area contributed by atoms with Crippen LogP contribution in [0.3, 0.4) is 0 Å². The second-order valence-electron chi connectivity index (χ2n) is 5.92. The van der Waals surface area contributed by atoms with E-state index in [0.29, 0.717) is 13.2 Å². The molecule has 23 heavy (non-hydrogen) atoms. The third-order valence-electron chi connectivity index (χ3n) is 4.34. The normalized spacial score (nSPS) is 16.7. The molecule has 1 amide bonds. The number of hydrogen-bond donors (Lipinski definition) is 2. The average molecular weight is 311 g/mol. The molecule has 2 aromatic rings. The van der Waals surface area contributed by atoms with Gasteiger partial charge in [0, 0.05) is 11.3 Å². The van der Waals surface area contributed by atoms with Gasteiger partial charge in [-0.3, -0.25) is 4.79 Å². The first-order valence-electron chi connectivity index (χ1n) is 8.09. The highest BCUT2D eigenvalue weighted by atomic mass is 16.5. The van der Waals surface area contributed by atoms with Gasteiger partial charge in [0.2, 0.25) is 0 Å². The van der Waals surface area contributed by atoms with E-state index in [4.69, 9.17) is 4.74 Å². The minimum absolute atomic E-state index is 0.0439. The molecule has 3 rings (SSSR count). The maximum atomic E-state index is 13.0. The Bertz CT molecular complexity index is 651. The summed E-state index contributed by atoms with van der Waals surface area (Å²) >= 11 is 0. The van der Waals surface area contributed by atoms with Crippen molar-refractivity contribution >= 4 is 11.6 Å². The second-order valence-corrected chi connectivity index (χ2v) is 5.92. The van der Waals surface area contributed by atoms with Gasteiger partial charge >= 0.3 is 0 Å². The summed E-state index contributed by atoms with van der Waals surface area (Å²) in [6.07, 6.45) is 0. The van der Waals surface area contributed by atoms with Crippen molar-refractivity contribution < 1.29 is 14.4 Å². The predicted octanol–water partition coefficient (Wildman–Crippen LogP) is 1.59. The van der Waals surface area contributed by atoms with Crippen LogP contribution in [0.2, 0.25) is 0 Å². The van der Waals surface area contributed by atoms with Gasteiger partial charge in [-0.1, -0.05) is 48.5 Å². The molecule has 0 unspecified atom stereocenters. The number of aryl methyl sites for hydroxylation is 1. The van der Waals surface area contributed by atoms with Crippen LogP contribution in [0.15, 0.2) is 54.6 Å². The molecule has 1 aliphatic rings. The summed E-state index contributed by atoms with van der Waals surface area (Å²) in [4.78, 5) is 14.2. The molecule has 120 valence electrons. The van der Waals surface area contributed by atoms with Gasteiger partial charge in [-0.15, -0.1) is 0 Å². The van der Waals surface area contributed by atoms with Gasteiger partial charge in [-0.05, 0) is 18.6 Å². The summed E-state index contributed by atoms with van der Waals surface area (Å²) in [5, 5.41) is 3.11. The van der Waals surface area contributed by atoms with Crippen molar-refractivity contribution in [3.05, 3.63) is 65.7 Å². The number of hydrogen-bond acceptors (Lipinski definition) is 2. The van der Waals surface area contributed by atoms with E-state index in [1.54, 1.807) is 0 Å². The fraction of sp³-hybridized carbons (Fsp3) is 0.316. The lowest BCUT2D eigenvalue weighted by Crippen LogP contribution is -3.15. The molecule has 0 saturated carbocycles. The van der Waals surface area contributed by atoms with Crippen molar-refractivity contribution in [2.24, 2.45) is 0 Å². The molecular weight excluding hydrogens is 288 g/mol. The highest BCUT2D eigenvalue weighted by molar-refractivity contribution is 5.95. The van der Waals surface area contributed by atoms with Crippen molar-refractivity contribution in [1.29, 1.82) is 0 Å². The monoisotopic (exact) mass is 311 g/mol. The van der Waals surface area contributed by atoms with E-state index in [1.807, 2.05) is 61.5 Å². The topological polar surface area (TPSA) is 42.8 Å². The molecule has 1 saturated heterocycles. The molecule has 1 fully saturated rings. The first kappa shape index (κ1) is 15.7. The Morgan fingerprint density at radius 2 is 1.70 bits per heavy atom. The summed E-state index contributed by atoms with van der Waals surface area (Å²) in [5.41, 5.74) is 3.01. The zero-order valence-electron chi connectivity index (χ0n) is 13.4. The zero-order chi connectivity index (χ0) is 16.1. The highest BCUT2D eigenvalue weighted by Crippen LogP contribution is 2.17. The van der Waals surface area contributed by atoms with E-state index in [-0.39, 0.29) is 11.9 Å². The molecule has 0 bridgehead atoms. The molecular formula is C19H23N2O2+. The van der Waals surface area contributed by atoms with Crippen molar-refractivity contribution in [3.63, 3.8) is 0 Å². The number of morpholine rings is 1. The molecule has 2 N–H and O–H groups in total.